The van der Waals surface area contributed by atoms with Crippen molar-refractivity contribution in [1.29, 1.82) is 0 Å². The molecule has 2 N–H and O–H groups in total. The number of ether oxygens (including phenoxy) is 1. The molecular weight excluding hydrogens is 154 g/mol. The third kappa shape index (κ3) is 7.98. The molecule has 0 aromatic heterocycles. The van der Waals surface area contributed by atoms with Gasteiger partial charge in [-0.1, -0.05) is 13.8 Å². The van der Waals surface area contributed by atoms with Gasteiger partial charge in [-0.3, -0.25) is 0 Å². The van der Waals surface area contributed by atoms with E-state index in [0.29, 0.717) is 5.92 Å². The van der Waals surface area contributed by atoms with Crippen LogP contribution in [0.25, 0.3) is 0 Å². The van der Waals surface area contributed by atoms with E-state index >= 15 is 0 Å². The summed E-state index contributed by atoms with van der Waals surface area (Å²) in [7, 11) is 0. The quantitative estimate of drug-likeness (QED) is 0.558. The summed E-state index contributed by atoms with van der Waals surface area (Å²) in [5, 5.41) is 11.8. The number of hydrogen-bond acceptors (Lipinski definition) is 3. The molecule has 0 heterocycles. The van der Waals surface area contributed by atoms with Gasteiger partial charge in [-0.2, -0.15) is 0 Å². The second-order valence-corrected chi connectivity index (χ2v) is 3.51. The minimum absolute atomic E-state index is 0.174. The second-order valence-electron chi connectivity index (χ2n) is 3.51. The van der Waals surface area contributed by atoms with E-state index in [2.05, 4.69) is 19.2 Å². The molecule has 0 aliphatic carbocycles. The molecule has 0 aliphatic heterocycles. The summed E-state index contributed by atoms with van der Waals surface area (Å²) < 4.78 is 5.35. The van der Waals surface area contributed by atoms with Crippen LogP contribution in [0.2, 0.25) is 0 Å². The van der Waals surface area contributed by atoms with Crippen molar-refractivity contribution in [2.24, 2.45) is 5.92 Å². The molecule has 12 heavy (non-hydrogen) atoms. The molecule has 74 valence electrons. The molecule has 0 saturated carbocycles. The molecule has 1 atom stereocenters. The van der Waals surface area contributed by atoms with Gasteiger partial charge in [-0.15, -0.1) is 0 Å². The van der Waals surface area contributed by atoms with E-state index in [1.165, 1.54) is 0 Å². The Labute approximate surface area is 75.1 Å². The Morgan fingerprint density at radius 1 is 1.33 bits per heavy atom. The van der Waals surface area contributed by atoms with Crippen molar-refractivity contribution in [1.82, 2.24) is 5.32 Å². The molecule has 0 fully saturated rings. The van der Waals surface area contributed by atoms with Gasteiger partial charge < -0.3 is 15.2 Å². The maximum absolute atomic E-state index is 8.68. The summed E-state index contributed by atoms with van der Waals surface area (Å²) in [5.74, 6) is 0.597. The summed E-state index contributed by atoms with van der Waals surface area (Å²) in [4.78, 5) is 0. The molecule has 3 nitrogen and oxygen atoms in total. The van der Waals surface area contributed by atoms with Crippen LogP contribution in [0.5, 0.6) is 0 Å². The Bertz CT molecular complexity index is 96.5. The van der Waals surface area contributed by atoms with Gasteiger partial charge in [0.15, 0.2) is 0 Å². The fourth-order valence-corrected chi connectivity index (χ4v) is 0.761. The topological polar surface area (TPSA) is 41.5 Å². The lowest BCUT2D eigenvalue weighted by molar-refractivity contribution is 0.108. The van der Waals surface area contributed by atoms with Crippen LogP contribution in [0, 0.1) is 5.92 Å². The summed E-state index contributed by atoms with van der Waals surface area (Å²) in [6, 6.07) is 0.174. The number of aliphatic hydroxyl groups is 1. The molecule has 0 saturated heterocycles. The van der Waals surface area contributed by atoms with Crippen LogP contribution in [0.1, 0.15) is 20.8 Å². The molecule has 1 unspecified atom stereocenters. The van der Waals surface area contributed by atoms with Crippen LogP contribution in [-0.2, 0) is 4.74 Å². The Kier molecular flexibility index (Phi) is 7.45. The first-order valence-electron chi connectivity index (χ1n) is 4.58. The SMILES string of the molecule is CC(C)COCCNC(C)CO. The van der Waals surface area contributed by atoms with Crippen LogP contribution >= 0.6 is 0 Å². The minimum Gasteiger partial charge on any atom is -0.395 e. The third-order valence-electron chi connectivity index (χ3n) is 1.46. The van der Waals surface area contributed by atoms with Gasteiger partial charge in [0.05, 0.1) is 13.2 Å². The highest BCUT2D eigenvalue weighted by Gasteiger charge is 1.97. The molecule has 0 rings (SSSR count). The van der Waals surface area contributed by atoms with Gasteiger partial charge in [0, 0.05) is 19.2 Å². The van der Waals surface area contributed by atoms with Crippen LogP contribution in [0.3, 0.4) is 0 Å². The van der Waals surface area contributed by atoms with Gasteiger partial charge in [-0.05, 0) is 12.8 Å². The van der Waals surface area contributed by atoms with Crippen molar-refractivity contribution < 1.29 is 9.84 Å². The maximum atomic E-state index is 8.68. The zero-order valence-electron chi connectivity index (χ0n) is 8.34. The van der Waals surface area contributed by atoms with Crippen LogP contribution in [0.15, 0.2) is 0 Å². The smallest absolute Gasteiger partial charge is 0.0591 e. The summed E-state index contributed by atoms with van der Waals surface area (Å²) in [6.45, 7) is 8.74. The number of aliphatic hydroxyl groups excluding tert-OH is 1. The van der Waals surface area contributed by atoms with Gasteiger partial charge in [-0.25, -0.2) is 0 Å². The highest BCUT2D eigenvalue weighted by Crippen LogP contribution is 1.91. The Hall–Kier alpha value is -0.120. The molecule has 3 heteroatoms. The predicted octanol–water partition coefficient (Wildman–Crippen LogP) is 0.629. The zero-order chi connectivity index (χ0) is 9.40. The highest BCUT2D eigenvalue weighted by atomic mass is 16.5. The standard InChI is InChI=1S/C9H21NO2/c1-8(2)7-12-5-4-10-9(3)6-11/h8-11H,4-7H2,1-3H3. The highest BCUT2D eigenvalue weighted by molar-refractivity contribution is 4.56. The van der Waals surface area contributed by atoms with Gasteiger partial charge in [0.1, 0.15) is 0 Å². The monoisotopic (exact) mass is 175 g/mol. The molecule has 0 aliphatic rings. The molecule has 0 spiro atoms. The predicted molar refractivity (Wildman–Crippen MR) is 50.2 cm³/mol. The average Bonchev–Trinajstić information content (AvgIpc) is 2.03. The normalized spacial score (nSPS) is 13.8. The largest absolute Gasteiger partial charge is 0.395 e. The van der Waals surface area contributed by atoms with Crippen molar-refractivity contribution in [2.45, 2.75) is 26.8 Å². The number of rotatable bonds is 7. The number of nitrogens with one attached hydrogen (secondary N) is 1. The average molecular weight is 175 g/mol. The van der Waals surface area contributed by atoms with E-state index in [-0.39, 0.29) is 12.6 Å². The van der Waals surface area contributed by atoms with E-state index in [4.69, 9.17) is 9.84 Å². The van der Waals surface area contributed by atoms with E-state index in [1.807, 2.05) is 6.92 Å². The van der Waals surface area contributed by atoms with E-state index in [0.717, 1.165) is 19.8 Å². The summed E-state index contributed by atoms with van der Waals surface area (Å²) in [5.41, 5.74) is 0. The maximum Gasteiger partial charge on any atom is 0.0591 e. The van der Waals surface area contributed by atoms with Crippen molar-refractivity contribution in [2.75, 3.05) is 26.4 Å². The van der Waals surface area contributed by atoms with Crippen LogP contribution in [0.4, 0.5) is 0 Å². The van der Waals surface area contributed by atoms with Crippen molar-refractivity contribution in [3.8, 4) is 0 Å². The molecule has 0 aromatic rings. The second kappa shape index (κ2) is 7.53. The molecular formula is C9H21NO2. The lowest BCUT2D eigenvalue weighted by Crippen LogP contribution is -2.32. The molecule has 0 amide bonds. The van der Waals surface area contributed by atoms with Gasteiger partial charge >= 0.3 is 0 Å². The lowest BCUT2D eigenvalue weighted by Gasteiger charge is -2.11. The first-order chi connectivity index (χ1) is 5.66. The summed E-state index contributed by atoms with van der Waals surface area (Å²) >= 11 is 0. The summed E-state index contributed by atoms with van der Waals surface area (Å²) in [6.07, 6.45) is 0. The van der Waals surface area contributed by atoms with Crippen molar-refractivity contribution >= 4 is 0 Å². The van der Waals surface area contributed by atoms with Gasteiger partial charge in [0.2, 0.25) is 0 Å². The van der Waals surface area contributed by atoms with Crippen LogP contribution < -0.4 is 5.32 Å². The molecule has 0 aromatic carbocycles. The zero-order valence-corrected chi connectivity index (χ0v) is 8.34. The van der Waals surface area contributed by atoms with E-state index < -0.39 is 0 Å². The molecule has 0 bridgehead atoms. The van der Waals surface area contributed by atoms with E-state index in [9.17, 15) is 0 Å². The Balaban J connectivity index is 3.00. The molecule has 0 radical (unpaired) electrons. The lowest BCUT2D eigenvalue weighted by atomic mass is 10.2. The fourth-order valence-electron chi connectivity index (χ4n) is 0.761. The Morgan fingerprint density at radius 3 is 2.50 bits per heavy atom. The first-order valence-corrected chi connectivity index (χ1v) is 4.58. The van der Waals surface area contributed by atoms with Gasteiger partial charge in [0.25, 0.3) is 0 Å². The van der Waals surface area contributed by atoms with Crippen molar-refractivity contribution in [3.63, 3.8) is 0 Å². The Morgan fingerprint density at radius 2 is 2.00 bits per heavy atom. The van der Waals surface area contributed by atoms with Crippen LogP contribution in [-0.4, -0.2) is 37.5 Å². The van der Waals surface area contributed by atoms with E-state index in [1.54, 1.807) is 0 Å². The van der Waals surface area contributed by atoms with Crippen molar-refractivity contribution in [3.05, 3.63) is 0 Å². The first kappa shape index (κ1) is 11.9. The number of hydrogen-bond donors (Lipinski definition) is 2. The fraction of sp³-hybridized carbons (Fsp3) is 1.00. The third-order valence-corrected chi connectivity index (χ3v) is 1.46. The minimum atomic E-state index is 0.174.